The van der Waals surface area contributed by atoms with Gasteiger partial charge in [-0.3, -0.25) is 0 Å². The molecular weight excluding hydrogens is 146 g/mol. The van der Waals surface area contributed by atoms with Crippen LogP contribution < -0.4 is 9.47 Å². The minimum absolute atomic E-state index is 0.00769. The Hall–Kier alpha value is -1.45. The molecule has 4 nitrogen and oxygen atoms in total. The molecule has 1 aromatic heterocycles. The van der Waals surface area contributed by atoms with Gasteiger partial charge in [-0.2, -0.15) is 4.98 Å². The zero-order chi connectivity index (χ0) is 8.27. The summed E-state index contributed by atoms with van der Waals surface area (Å²) in [5.74, 6) is 0.595. The van der Waals surface area contributed by atoms with Gasteiger partial charge in [0.15, 0.2) is 5.75 Å². The van der Waals surface area contributed by atoms with E-state index in [-0.39, 0.29) is 11.6 Å². The molecule has 1 rings (SSSR count). The molecule has 0 aliphatic carbocycles. The van der Waals surface area contributed by atoms with Crippen LogP contribution in [0.3, 0.4) is 0 Å². The molecule has 1 heterocycles. The number of rotatable bonds is 2. The fourth-order valence-corrected chi connectivity index (χ4v) is 0.680. The molecule has 0 aliphatic heterocycles. The first-order valence-electron chi connectivity index (χ1n) is 3.06. The molecule has 0 spiro atoms. The molecule has 0 saturated heterocycles. The number of hydrogen-bond donors (Lipinski definition) is 1. The van der Waals surface area contributed by atoms with E-state index in [4.69, 9.17) is 14.6 Å². The lowest BCUT2D eigenvalue weighted by Crippen LogP contribution is -1.91. The predicted molar refractivity (Wildman–Crippen MR) is 39.0 cm³/mol. The molecular formula is C7H9NO3. The molecule has 1 N–H and O–H groups in total. The number of aromatic hydroxyl groups is 1. The van der Waals surface area contributed by atoms with Gasteiger partial charge in [0, 0.05) is 6.07 Å². The van der Waals surface area contributed by atoms with Gasteiger partial charge in [0.05, 0.1) is 14.2 Å². The summed E-state index contributed by atoms with van der Waals surface area (Å²) in [5, 5.41) is 9.09. The van der Waals surface area contributed by atoms with Crippen molar-refractivity contribution in [2.24, 2.45) is 0 Å². The first-order valence-corrected chi connectivity index (χ1v) is 3.06. The number of methoxy groups -OCH3 is 2. The van der Waals surface area contributed by atoms with Gasteiger partial charge in [0.2, 0.25) is 5.88 Å². The molecule has 0 radical (unpaired) electrons. The Morgan fingerprint density at radius 3 is 2.55 bits per heavy atom. The summed E-state index contributed by atoms with van der Waals surface area (Å²) in [5.41, 5.74) is 0. The fraction of sp³-hybridized carbons (Fsp3) is 0.286. The molecule has 0 aromatic carbocycles. The third-order valence-electron chi connectivity index (χ3n) is 1.22. The maximum Gasteiger partial charge on any atom is 0.259 e. The van der Waals surface area contributed by atoms with Crippen molar-refractivity contribution in [2.45, 2.75) is 0 Å². The van der Waals surface area contributed by atoms with Crippen molar-refractivity contribution in [3.8, 4) is 17.5 Å². The summed E-state index contributed by atoms with van der Waals surface area (Å²) in [4.78, 5) is 3.81. The molecule has 0 saturated carbocycles. The lowest BCUT2D eigenvalue weighted by Gasteiger charge is -2.03. The van der Waals surface area contributed by atoms with Crippen LogP contribution in [0.2, 0.25) is 0 Å². The number of nitrogens with zero attached hydrogens (tertiary/aromatic N) is 1. The summed E-state index contributed by atoms with van der Waals surface area (Å²) >= 11 is 0. The van der Waals surface area contributed by atoms with E-state index in [0.29, 0.717) is 5.88 Å². The monoisotopic (exact) mass is 155 g/mol. The summed E-state index contributed by atoms with van der Waals surface area (Å²) < 4.78 is 9.56. The highest BCUT2D eigenvalue weighted by atomic mass is 16.5. The standard InChI is InChI=1S/C7H9NO3/c1-10-6-4-3-5(9)7(8-6)11-2/h3-4,9H,1-2H3. The van der Waals surface area contributed by atoms with E-state index in [1.807, 2.05) is 0 Å². The molecule has 0 unspecified atom stereocenters. The Morgan fingerprint density at radius 2 is 2.00 bits per heavy atom. The Bertz CT molecular complexity index is 249. The highest BCUT2D eigenvalue weighted by Gasteiger charge is 2.03. The Morgan fingerprint density at radius 1 is 1.27 bits per heavy atom. The molecule has 0 aliphatic rings. The highest BCUT2D eigenvalue weighted by molar-refractivity contribution is 5.34. The minimum atomic E-state index is 0.00769. The van der Waals surface area contributed by atoms with Gasteiger partial charge < -0.3 is 14.6 Å². The largest absolute Gasteiger partial charge is 0.503 e. The number of pyridine rings is 1. The zero-order valence-corrected chi connectivity index (χ0v) is 6.37. The summed E-state index contributed by atoms with van der Waals surface area (Å²) in [6.45, 7) is 0. The molecule has 0 fully saturated rings. The Kier molecular flexibility index (Phi) is 2.15. The average molecular weight is 155 g/mol. The van der Waals surface area contributed by atoms with Crippen LogP contribution in [0.4, 0.5) is 0 Å². The van der Waals surface area contributed by atoms with E-state index < -0.39 is 0 Å². The Labute approximate surface area is 64.4 Å². The summed E-state index contributed by atoms with van der Waals surface area (Å²) in [6.07, 6.45) is 0. The minimum Gasteiger partial charge on any atom is -0.503 e. The van der Waals surface area contributed by atoms with Crippen molar-refractivity contribution in [3.05, 3.63) is 12.1 Å². The van der Waals surface area contributed by atoms with Gasteiger partial charge in [-0.05, 0) is 6.07 Å². The van der Waals surface area contributed by atoms with Crippen LogP contribution in [0, 0.1) is 0 Å². The van der Waals surface area contributed by atoms with Crippen molar-refractivity contribution in [3.63, 3.8) is 0 Å². The second-order valence-corrected chi connectivity index (χ2v) is 1.88. The first kappa shape index (κ1) is 7.65. The second kappa shape index (κ2) is 3.09. The number of ether oxygens (including phenoxy) is 2. The molecule has 0 amide bonds. The number of aromatic nitrogens is 1. The lowest BCUT2D eigenvalue weighted by atomic mass is 10.4. The van der Waals surface area contributed by atoms with E-state index in [2.05, 4.69) is 4.98 Å². The lowest BCUT2D eigenvalue weighted by molar-refractivity contribution is 0.339. The van der Waals surface area contributed by atoms with Crippen LogP contribution in [-0.2, 0) is 0 Å². The SMILES string of the molecule is COc1ccc(O)c(OC)n1. The van der Waals surface area contributed by atoms with E-state index >= 15 is 0 Å². The fourth-order valence-electron chi connectivity index (χ4n) is 0.680. The van der Waals surface area contributed by atoms with Crippen LogP contribution in [0.15, 0.2) is 12.1 Å². The van der Waals surface area contributed by atoms with E-state index in [1.54, 1.807) is 6.07 Å². The van der Waals surface area contributed by atoms with Crippen molar-refractivity contribution in [2.75, 3.05) is 14.2 Å². The van der Waals surface area contributed by atoms with E-state index in [1.165, 1.54) is 20.3 Å². The molecule has 60 valence electrons. The van der Waals surface area contributed by atoms with Crippen LogP contribution in [0.5, 0.6) is 17.5 Å². The molecule has 11 heavy (non-hydrogen) atoms. The van der Waals surface area contributed by atoms with Crippen LogP contribution in [0.25, 0.3) is 0 Å². The van der Waals surface area contributed by atoms with Crippen LogP contribution in [-0.4, -0.2) is 24.3 Å². The van der Waals surface area contributed by atoms with Crippen LogP contribution >= 0.6 is 0 Å². The first-order chi connectivity index (χ1) is 5.27. The van der Waals surface area contributed by atoms with Gasteiger partial charge in [0.25, 0.3) is 5.88 Å². The van der Waals surface area contributed by atoms with Gasteiger partial charge in [-0.1, -0.05) is 0 Å². The molecule has 0 bridgehead atoms. The van der Waals surface area contributed by atoms with Gasteiger partial charge in [-0.15, -0.1) is 0 Å². The molecule has 0 atom stereocenters. The Balaban J connectivity index is 3.02. The average Bonchev–Trinajstić information content (AvgIpc) is 2.05. The van der Waals surface area contributed by atoms with Gasteiger partial charge in [-0.25, -0.2) is 0 Å². The molecule has 1 aromatic rings. The summed E-state index contributed by atoms with van der Waals surface area (Å²) in [7, 11) is 2.93. The van der Waals surface area contributed by atoms with E-state index in [9.17, 15) is 0 Å². The zero-order valence-electron chi connectivity index (χ0n) is 6.37. The van der Waals surface area contributed by atoms with Crippen LogP contribution in [0.1, 0.15) is 0 Å². The van der Waals surface area contributed by atoms with Crippen molar-refractivity contribution in [1.82, 2.24) is 4.98 Å². The third-order valence-corrected chi connectivity index (χ3v) is 1.22. The van der Waals surface area contributed by atoms with Gasteiger partial charge in [0.1, 0.15) is 0 Å². The van der Waals surface area contributed by atoms with Gasteiger partial charge >= 0.3 is 0 Å². The quantitative estimate of drug-likeness (QED) is 0.686. The number of hydrogen-bond acceptors (Lipinski definition) is 4. The maximum absolute atomic E-state index is 9.09. The second-order valence-electron chi connectivity index (χ2n) is 1.88. The molecule has 4 heteroatoms. The maximum atomic E-state index is 9.09. The third kappa shape index (κ3) is 1.52. The van der Waals surface area contributed by atoms with E-state index in [0.717, 1.165) is 0 Å². The predicted octanol–water partition coefficient (Wildman–Crippen LogP) is 0.804. The van der Waals surface area contributed by atoms with Crippen molar-refractivity contribution in [1.29, 1.82) is 0 Å². The topological polar surface area (TPSA) is 51.6 Å². The summed E-state index contributed by atoms with van der Waals surface area (Å²) in [6, 6.07) is 3.02. The highest BCUT2D eigenvalue weighted by Crippen LogP contribution is 2.24. The smallest absolute Gasteiger partial charge is 0.259 e. The van der Waals surface area contributed by atoms with Crippen molar-refractivity contribution < 1.29 is 14.6 Å². The normalized spacial score (nSPS) is 9.27. The van der Waals surface area contributed by atoms with Crippen molar-refractivity contribution >= 4 is 0 Å².